The maximum atomic E-state index is 13.3. The lowest BCUT2D eigenvalue weighted by Gasteiger charge is -2.07. The van der Waals surface area contributed by atoms with Gasteiger partial charge in [-0.25, -0.2) is 13.6 Å². The Kier molecular flexibility index (Phi) is 4.21. The van der Waals surface area contributed by atoms with E-state index >= 15 is 0 Å². The van der Waals surface area contributed by atoms with Gasteiger partial charge in [-0.05, 0) is 44.8 Å². The van der Waals surface area contributed by atoms with Crippen LogP contribution < -0.4 is 0 Å². The third kappa shape index (κ3) is 2.55. The molecule has 0 bridgehead atoms. The minimum Gasteiger partial charge on any atom is -0.462 e. The molecule has 0 aliphatic rings. The molecule has 1 rings (SSSR count). The van der Waals surface area contributed by atoms with Crippen LogP contribution in [0, 0.1) is 11.6 Å². The molecule has 0 atom stereocenters. The lowest BCUT2D eigenvalue weighted by Crippen LogP contribution is -2.09. The van der Waals surface area contributed by atoms with Gasteiger partial charge >= 0.3 is 5.97 Å². The Bertz CT molecular complexity index is 408. The van der Waals surface area contributed by atoms with Gasteiger partial charge in [-0.1, -0.05) is 0 Å². The van der Waals surface area contributed by atoms with Gasteiger partial charge in [0, 0.05) is 0 Å². The van der Waals surface area contributed by atoms with E-state index < -0.39 is 23.2 Å². The Hall–Kier alpha value is -0.490. The monoisotopic (exact) mass is 342 g/mol. The van der Waals surface area contributed by atoms with Gasteiger partial charge in [0.1, 0.15) is 11.4 Å². The third-order valence-electron chi connectivity index (χ3n) is 1.59. The molecule has 0 fully saturated rings. The summed E-state index contributed by atoms with van der Waals surface area (Å²) in [5.41, 5.74) is -0.433. The number of esters is 1. The summed E-state index contributed by atoms with van der Waals surface area (Å²) < 4.78 is 30.9. The van der Waals surface area contributed by atoms with E-state index in [9.17, 15) is 13.6 Å². The standard InChI is InChI=1S/C9H6Br2F2O2/c1-2-15-9(14)6-5(12)3-4(10)8(13)7(6)11/h3H,2H2,1H3. The predicted octanol–water partition coefficient (Wildman–Crippen LogP) is 3.67. The predicted molar refractivity (Wildman–Crippen MR) is 57.7 cm³/mol. The van der Waals surface area contributed by atoms with Gasteiger partial charge in [0.25, 0.3) is 0 Å². The maximum Gasteiger partial charge on any atom is 0.342 e. The number of ether oxygens (including phenoxy) is 1. The second-order valence-electron chi connectivity index (χ2n) is 2.56. The molecular formula is C9H6Br2F2O2. The topological polar surface area (TPSA) is 26.3 Å². The van der Waals surface area contributed by atoms with Crippen molar-refractivity contribution in [2.45, 2.75) is 6.92 Å². The quantitative estimate of drug-likeness (QED) is 0.465. The normalized spacial score (nSPS) is 10.2. The van der Waals surface area contributed by atoms with Crippen LogP contribution in [0.5, 0.6) is 0 Å². The lowest BCUT2D eigenvalue weighted by atomic mass is 10.2. The van der Waals surface area contributed by atoms with E-state index in [2.05, 4.69) is 36.6 Å². The zero-order valence-electron chi connectivity index (χ0n) is 7.61. The Morgan fingerprint density at radius 3 is 2.60 bits per heavy atom. The number of benzene rings is 1. The van der Waals surface area contributed by atoms with Crippen LogP contribution in [0.1, 0.15) is 17.3 Å². The van der Waals surface area contributed by atoms with Crippen LogP contribution in [0.25, 0.3) is 0 Å². The lowest BCUT2D eigenvalue weighted by molar-refractivity contribution is 0.0519. The Morgan fingerprint density at radius 1 is 1.47 bits per heavy atom. The van der Waals surface area contributed by atoms with Crippen molar-refractivity contribution in [2.24, 2.45) is 0 Å². The van der Waals surface area contributed by atoms with Crippen molar-refractivity contribution >= 4 is 37.8 Å². The second-order valence-corrected chi connectivity index (χ2v) is 4.21. The molecule has 1 aromatic rings. The Labute approximate surface area is 102 Å². The molecule has 0 aliphatic carbocycles. The van der Waals surface area contributed by atoms with Crippen molar-refractivity contribution in [1.82, 2.24) is 0 Å². The number of hydrogen-bond acceptors (Lipinski definition) is 2. The van der Waals surface area contributed by atoms with Crippen molar-refractivity contribution in [1.29, 1.82) is 0 Å². The highest BCUT2D eigenvalue weighted by Gasteiger charge is 2.22. The highest BCUT2D eigenvalue weighted by Crippen LogP contribution is 2.30. The van der Waals surface area contributed by atoms with Gasteiger partial charge < -0.3 is 4.74 Å². The van der Waals surface area contributed by atoms with Crippen LogP contribution in [0.3, 0.4) is 0 Å². The molecule has 2 nitrogen and oxygen atoms in total. The van der Waals surface area contributed by atoms with E-state index in [0.717, 1.165) is 6.07 Å². The summed E-state index contributed by atoms with van der Waals surface area (Å²) in [6.45, 7) is 1.68. The summed E-state index contributed by atoms with van der Waals surface area (Å²) in [6.07, 6.45) is 0. The molecule has 0 amide bonds. The van der Waals surface area contributed by atoms with E-state index in [1.807, 2.05) is 0 Å². The second kappa shape index (κ2) is 5.03. The Morgan fingerprint density at radius 2 is 2.07 bits per heavy atom. The van der Waals surface area contributed by atoms with Gasteiger partial charge in [-0.2, -0.15) is 0 Å². The number of rotatable bonds is 2. The van der Waals surface area contributed by atoms with Crippen LogP contribution >= 0.6 is 31.9 Å². The molecule has 15 heavy (non-hydrogen) atoms. The van der Waals surface area contributed by atoms with E-state index in [0.29, 0.717) is 0 Å². The molecule has 1 aromatic carbocycles. The highest BCUT2D eigenvalue weighted by atomic mass is 79.9. The average molecular weight is 344 g/mol. The molecule has 0 aliphatic heterocycles. The van der Waals surface area contributed by atoms with Crippen molar-refractivity contribution in [3.05, 3.63) is 32.2 Å². The largest absolute Gasteiger partial charge is 0.462 e. The zero-order chi connectivity index (χ0) is 11.6. The van der Waals surface area contributed by atoms with Crippen molar-refractivity contribution in [3.8, 4) is 0 Å². The van der Waals surface area contributed by atoms with Gasteiger partial charge in [-0.3, -0.25) is 0 Å². The van der Waals surface area contributed by atoms with E-state index in [4.69, 9.17) is 0 Å². The molecule has 82 valence electrons. The zero-order valence-corrected chi connectivity index (χ0v) is 10.8. The molecule has 6 heteroatoms. The summed E-state index contributed by atoms with van der Waals surface area (Å²) in [6, 6.07) is 0.881. The number of carbonyl (C=O) groups excluding carboxylic acids is 1. The van der Waals surface area contributed by atoms with Crippen LogP contribution in [0.2, 0.25) is 0 Å². The first-order valence-electron chi connectivity index (χ1n) is 3.99. The highest BCUT2D eigenvalue weighted by molar-refractivity contribution is 9.11. The fraction of sp³-hybridized carbons (Fsp3) is 0.222. The van der Waals surface area contributed by atoms with Crippen molar-refractivity contribution in [3.63, 3.8) is 0 Å². The Balaban J connectivity index is 3.29. The van der Waals surface area contributed by atoms with Gasteiger partial charge in [0.2, 0.25) is 0 Å². The fourth-order valence-electron chi connectivity index (χ4n) is 0.957. The van der Waals surface area contributed by atoms with Gasteiger partial charge in [-0.15, -0.1) is 0 Å². The van der Waals surface area contributed by atoms with E-state index in [-0.39, 0.29) is 15.6 Å². The van der Waals surface area contributed by atoms with E-state index in [1.54, 1.807) is 6.92 Å². The first-order chi connectivity index (χ1) is 6.99. The summed E-state index contributed by atoms with van der Waals surface area (Å²) >= 11 is 5.63. The van der Waals surface area contributed by atoms with Crippen LogP contribution in [-0.2, 0) is 4.74 Å². The molecule has 0 saturated heterocycles. The third-order valence-corrected chi connectivity index (χ3v) is 2.92. The molecule has 0 radical (unpaired) electrons. The van der Waals surface area contributed by atoms with Crippen LogP contribution in [0.4, 0.5) is 8.78 Å². The summed E-state index contributed by atoms with van der Waals surface area (Å²) in [5.74, 6) is -2.47. The fourth-order valence-corrected chi connectivity index (χ4v) is 2.19. The van der Waals surface area contributed by atoms with E-state index in [1.165, 1.54) is 0 Å². The first kappa shape index (κ1) is 12.6. The SMILES string of the molecule is CCOC(=O)c1c(F)cc(Br)c(F)c1Br. The molecule has 0 spiro atoms. The molecule has 0 saturated carbocycles. The van der Waals surface area contributed by atoms with Crippen LogP contribution in [-0.4, -0.2) is 12.6 Å². The molecular weight excluding hydrogens is 338 g/mol. The number of halogens is 4. The minimum absolute atomic E-state index is 0.0556. The number of hydrogen-bond donors (Lipinski definition) is 0. The molecule has 0 heterocycles. The first-order valence-corrected chi connectivity index (χ1v) is 5.57. The van der Waals surface area contributed by atoms with Crippen molar-refractivity contribution in [2.75, 3.05) is 6.61 Å². The number of carbonyl (C=O) groups is 1. The smallest absolute Gasteiger partial charge is 0.342 e. The van der Waals surface area contributed by atoms with Gasteiger partial charge in [0.15, 0.2) is 5.82 Å². The molecule has 0 aromatic heterocycles. The van der Waals surface area contributed by atoms with Gasteiger partial charge in [0.05, 0.1) is 15.6 Å². The minimum atomic E-state index is -0.895. The van der Waals surface area contributed by atoms with Crippen molar-refractivity contribution < 1.29 is 18.3 Å². The maximum absolute atomic E-state index is 13.3. The summed E-state index contributed by atoms with van der Waals surface area (Å²) in [4.78, 5) is 11.3. The van der Waals surface area contributed by atoms with Crippen LogP contribution in [0.15, 0.2) is 15.0 Å². The summed E-state index contributed by atoms with van der Waals surface area (Å²) in [7, 11) is 0. The molecule has 0 unspecified atom stereocenters. The average Bonchev–Trinajstić information content (AvgIpc) is 2.15. The molecule has 0 N–H and O–H groups in total. The summed E-state index contributed by atoms with van der Waals surface area (Å²) in [5, 5.41) is 0.